The number of anilines is 2. The Bertz CT molecular complexity index is 629. The molecule has 1 N–H and O–H groups in total. The van der Waals surface area contributed by atoms with Crippen LogP contribution < -0.4 is 5.32 Å². The number of hydrogen-bond acceptors (Lipinski definition) is 1. The first-order valence-corrected chi connectivity index (χ1v) is 5.09. The van der Waals surface area contributed by atoms with Crippen LogP contribution >= 0.6 is 0 Å². The second-order valence-electron chi connectivity index (χ2n) is 3.57. The minimum absolute atomic E-state index is 0.0264. The highest BCUT2D eigenvalue weighted by molar-refractivity contribution is 5.61. The van der Waals surface area contributed by atoms with Gasteiger partial charge in [0, 0.05) is 5.56 Å². The van der Waals surface area contributed by atoms with Gasteiger partial charge in [-0.1, -0.05) is 12.0 Å². The molecule has 0 spiro atoms. The third-order valence-electron chi connectivity index (χ3n) is 2.36. The van der Waals surface area contributed by atoms with Gasteiger partial charge < -0.3 is 5.32 Å². The lowest BCUT2D eigenvalue weighted by Gasteiger charge is -2.09. The van der Waals surface area contributed by atoms with E-state index in [2.05, 4.69) is 11.2 Å². The summed E-state index contributed by atoms with van der Waals surface area (Å²) in [6.45, 7) is 0. The molecule has 1 nitrogen and oxygen atoms in total. The number of nitrogens with one attached hydrogen (secondary N) is 1. The molecule has 0 unspecified atom stereocenters. The summed E-state index contributed by atoms with van der Waals surface area (Å²) in [6, 6.07) is 7.64. The summed E-state index contributed by atoms with van der Waals surface area (Å²) in [6.07, 6.45) is 5.12. The molecule has 18 heavy (non-hydrogen) atoms. The van der Waals surface area contributed by atoms with Gasteiger partial charge >= 0.3 is 0 Å². The Morgan fingerprint density at radius 2 is 1.72 bits per heavy atom. The van der Waals surface area contributed by atoms with Crippen molar-refractivity contribution in [1.82, 2.24) is 0 Å². The van der Waals surface area contributed by atoms with E-state index in [1.54, 1.807) is 0 Å². The zero-order valence-electron chi connectivity index (χ0n) is 9.18. The van der Waals surface area contributed by atoms with E-state index in [1.807, 2.05) is 0 Å². The molecular formula is C14H8F3N. The molecule has 0 radical (unpaired) electrons. The predicted molar refractivity (Wildman–Crippen MR) is 64.0 cm³/mol. The van der Waals surface area contributed by atoms with E-state index in [4.69, 9.17) is 6.42 Å². The highest BCUT2D eigenvalue weighted by atomic mass is 19.2. The normalized spacial score (nSPS) is 9.89. The van der Waals surface area contributed by atoms with Crippen molar-refractivity contribution >= 4 is 11.4 Å². The van der Waals surface area contributed by atoms with Gasteiger partial charge in [-0.15, -0.1) is 6.42 Å². The molecule has 0 bridgehead atoms. The average Bonchev–Trinajstić information content (AvgIpc) is 2.37. The van der Waals surface area contributed by atoms with Gasteiger partial charge in [-0.3, -0.25) is 0 Å². The van der Waals surface area contributed by atoms with Crippen LogP contribution in [0.4, 0.5) is 24.5 Å². The van der Waals surface area contributed by atoms with Crippen molar-refractivity contribution in [3.8, 4) is 12.3 Å². The summed E-state index contributed by atoms with van der Waals surface area (Å²) in [5.41, 5.74) is 0.263. The fraction of sp³-hybridized carbons (Fsp3) is 0. The second kappa shape index (κ2) is 4.84. The zero-order valence-corrected chi connectivity index (χ0v) is 9.18. The average molecular weight is 247 g/mol. The molecule has 0 aromatic heterocycles. The SMILES string of the molecule is C#Cc1ccc(Nc2cccc(F)c2F)c(F)c1. The Labute approximate surface area is 102 Å². The number of halogens is 3. The Morgan fingerprint density at radius 1 is 0.944 bits per heavy atom. The van der Waals surface area contributed by atoms with Gasteiger partial charge in [0.1, 0.15) is 5.82 Å². The molecule has 0 amide bonds. The summed E-state index contributed by atoms with van der Waals surface area (Å²) >= 11 is 0. The molecule has 0 heterocycles. The van der Waals surface area contributed by atoms with Gasteiger partial charge in [-0.25, -0.2) is 13.2 Å². The van der Waals surface area contributed by atoms with Crippen LogP contribution in [0.1, 0.15) is 5.56 Å². The van der Waals surface area contributed by atoms with Crippen molar-refractivity contribution in [3.63, 3.8) is 0 Å². The van der Waals surface area contributed by atoms with Crippen LogP contribution in [-0.4, -0.2) is 0 Å². The van der Waals surface area contributed by atoms with Gasteiger partial charge in [0.05, 0.1) is 11.4 Å². The Balaban J connectivity index is 2.35. The van der Waals surface area contributed by atoms with Crippen LogP contribution in [0.2, 0.25) is 0 Å². The minimum atomic E-state index is -1.06. The molecular weight excluding hydrogens is 239 g/mol. The maximum Gasteiger partial charge on any atom is 0.182 e. The van der Waals surface area contributed by atoms with Crippen LogP contribution in [0.25, 0.3) is 0 Å². The summed E-state index contributed by atoms with van der Waals surface area (Å²) in [5.74, 6) is -0.410. The number of benzene rings is 2. The quantitative estimate of drug-likeness (QED) is 0.795. The maximum atomic E-state index is 13.6. The monoisotopic (exact) mass is 247 g/mol. The Morgan fingerprint density at radius 3 is 2.39 bits per heavy atom. The van der Waals surface area contributed by atoms with Gasteiger partial charge in [0.25, 0.3) is 0 Å². The van der Waals surface area contributed by atoms with Gasteiger partial charge in [0.15, 0.2) is 11.6 Å². The van der Waals surface area contributed by atoms with E-state index in [9.17, 15) is 13.2 Å². The van der Waals surface area contributed by atoms with E-state index < -0.39 is 17.5 Å². The third kappa shape index (κ3) is 2.30. The van der Waals surface area contributed by atoms with Crippen molar-refractivity contribution in [2.24, 2.45) is 0 Å². The Kier molecular flexibility index (Phi) is 3.24. The molecule has 4 heteroatoms. The number of terminal acetylenes is 1. The molecule has 0 saturated carbocycles. The summed E-state index contributed by atoms with van der Waals surface area (Å²) < 4.78 is 39.9. The first-order valence-electron chi connectivity index (χ1n) is 5.09. The predicted octanol–water partition coefficient (Wildman–Crippen LogP) is 3.83. The lowest BCUT2D eigenvalue weighted by atomic mass is 10.2. The first kappa shape index (κ1) is 12.1. The van der Waals surface area contributed by atoms with Gasteiger partial charge in [0.2, 0.25) is 0 Å². The van der Waals surface area contributed by atoms with Crippen LogP contribution in [0.15, 0.2) is 36.4 Å². The van der Waals surface area contributed by atoms with Gasteiger partial charge in [-0.05, 0) is 30.3 Å². The molecule has 0 saturated heterocycles. The number of rotatable bonds is 2. The molecule has 2 aromatic rings. The summed E-state index contributed by atoms with van der Waals surface area (Å²) in [5, 5.41) is 2.47. The van der Waals surface area contributed by atoms with Gasteiger partial charge in [-0.2, -0.15) is 0 Å². The van der Waals surface area contributed by atoms with Crippen LogP contribution in [-0.2, 0) is 0 Å². The molecule has 0 atom stereocenters. The van der Waals surface area contributed by atoms with Crippen molar-refractivity contribution in [3.05, 3.63) is 59.4 Å². The Hall–Kier alpha value is -2.41. The third-order valence-corrected chi connectivity index (χ3v) is 2.36. The lowest BCUT2D eigenvalue weighted by molar-refractivity contribution is 0.511. The van der Waals surface area contributed by atoms with E-state index >= 15 is 0 Å². The molecule has 2 aromatic carbocycles. The van der Waals surface area contributed by atoms with Crippen LogP contribution in [0.5, 0.6) is 0 Å². The number of hydrogen-bond donors (Lipinski definition) is 1. The highest BCUT2D eigenvalue weighted by Crippen LogP contribution is 2.24. The van der Waals surface area contributed by atoms with Crippen molar-refractivity contribution in [1.29, 1.82) is 0 Å². The molecule has 0 fully saturated rings. The topological polar surface area (TPSA) is 12.0 Å². The fourth-order valence-corrected chi connectivity index (χ4v) is 1.45. The van der Waals surface area contributed by atoms with E-state index in [0.717, 1.165) is 12.1 Å². The summed E-state index contributed by atoms with van der Waals surface area (Å²) in [7, 11) is 0. The molecule has 0 aliphatic rings. The standard InChI is InChI=1S/C14H8F3N/c1-2-9-6-7-12(11(16)8-9)18-13-5-3-4-10(15)14(13)17/h1,3-8,18H. The minimum Gasteiger partial charge on any atom is -0.351 e. The smallest absolute Gasteiger partial charge is 0.182 e. The van der Waals surface area contributed by atoms with Crippen LogP contribution in [0, 0.1) is 29.8 Å². The fourth-order valence-electron chi connectivity index (χ4n) is 1.45. The molecule has 0 aliphatic carbocycles. The maximum absolute atomic E-state index is 13.6. The molecule has 90 valence electrons. The second-order valence-corrected chi connectivity index (χ2v) is 3.57. The highest BCUT2D eigenvalue weighted by Gasteiger charge is 2.09. The zero-order chi connectivity index (χ0) is 13.1. The molecule has 0 aliphatic heterocycles. The first-order chi connectivity index (χ1) is 8.61. The van der Waals surface area contributed by atoms with Crippen molar-refractivity contribution in [2.45, 2.75) is 0 Å². The summed E-state index contributed by atoms with van der Waals surface area (Å²) in [4.78, 5) is 0. The van der Waals surface area contributed by atoms with Crippen molar-refractivity contribution < 1.29 is 13.2 Å². The largest absolute Gasteiger partial charge is 0.351 e. The van der Waals surface area contributed by atoms with E-state index in [0.29, 0.717) is 5.56 Å². The van der Waals surface area contributed by atoms with Crippen molar-refractivity contribution in [2.75, 3.05) is 5.32 Å². The molecule has 2 rings (SSSR count). The van der Waals surface area contributed by atoms with E-state index in [-0.39, 0.29) is 11.4 Å². The lowest BCUT2D eigenvalue weighted by Crippen LogP contribution is -1.98. The van der Waals surface area contributed by atoms with Crippen LogP contribution in [0.3, 0.4) is 0 Å². The van der Waals surface area contributed by atoms with E-state index in [1.165, 1.54) is 24.3 Å².